The number of fused-ring (bicyclic) bond motifs is 1. The molecule has 7 rings (SSSR count). The number of halogens is 2. The minimum Gasteiger partial charge on any atom is -0.508 e. The highest BCUT2D eigenvalue weighted by atomic mass is 32.2. The number of pyridine rings is 1. The lowest BCUT2D eigenvalue weighted by Crippen LogP contribution is -2.46. The first-order valence-corrected chi connectivity index (χ1v) is 18.0. The number of ether oxygens (including phenoxy) is 1. The van der Waals surface area contributed by atoms with Gasteiger partial charge in [0, 0.05) is 49.4 Å². The Hall–Kier alpha value is -4.75. The predicted molar refractivity (Wildman–Crippen MR) is 188 cm³/mol. The summed E-state index contributed by atoms with van der Waals surface area (Å²) in [6.07, 6.45) is 7.76. The molecular weight excluding hydrogens is 663 g/mol. The van der Waals surface area contributed by atoms with Crippen LogP contribution in [0.15, 0.2) is 83.9 Å². The molecule has 1 aliphatic carbocycles. The van der Waals surface area contributed by atoms with Crippen molar-refractivity contribution in [3.8, 4) is 28.5 Å². The number of amides is 2. The Bertz CT molecular complexity index is 1860. The number of carbonyl (C=O) groups excluding carboxylic acids is 2. The van der Waals surface area contributed by atoms with Gasteiger partial charge in [0.15, 0.2) is 0 Å². The van der Waals surface area contributed by atoms with E-state index in [1.165, 1.54) is 12.3 Å². The molecule has 0 spiro atoms. The van der Waals surface area contributed by atoms with Crippen molar-refractivity contribution >= 4 is 29.4 Å². The summed E-state index contributed by atoms with van der Waals surface area (Å²) in [6.45, 7) is 2.97. The molecule has 0 bridgehead atoms. The van der Waals surface area contributed by atoms with Gasteiger partial charge in [-0.15, -0.1) is 0 Å². The smallest absolute Gasteiger partial charge is 0.257 e. The third-order valence-corrected chi connectivity index (χ3v) is 10.3. The van der Waals surface area contributed by atoms with Crippen LogP contribution >= 0.6 is 11.8 Å². The molecule has 1 unspecified atom stereocenters. The summed E-state index contributed by atoms with van der Waals surface area (Å²) in [6, 6.07) is 13.0. The minimum absolute atomic E-state index is 0.0159. The van der Waals surface area contributed by atoms with Crippen LogP contribution in [0.2, 0.25) is 0 Å². The van der Waals surface area contributed by atoms with Gasteiger partial charge in [-0.25, -0.2) is 13.8 Å². The van der Waals surface area contributed by atoms with E-state index in [9.17, 15) is 23.5 Å². The van der Waals surface area contributed by atoms with Crippen LogP contribution in [0.5, 0.6) is 17.4 Å². The van der Waals surface area contributed by atoms with Gasteiger partial charge in [0.25, 0.3) is 5.91 Å². The van der Waals surface area contributed by atoms with Gasteiger partial charge in [-0.3, -0.25) is 19.5 Å². The van der Waals surface area contributed by atoms with Crippen molar-refractivity contribution in [3.05, 3.63) is 95.9 Å². The van der Waals surface area contributed by atoms with Crippen molar-refractivity contribution in [2.45, 2.75) is 50.4 Å². The number of thioether (sulfide) groups is 1. The van der Waals surface area contributed by atoms with E-state index < -0.39 is 17.8 Å². The number of allylic oxidation sites excluding steroid dienone is 2. The number of aromatic nitrogens is 1. The van der Waals surface area contributed by atoms with Crippen LogP contribution in [0.3, 0.4) is 0 Å². The molecule has 10 nitrogen and oxygen atoms in total. The van der Waals surface area contributed by atoms with Crippen LogP contribution in [0.25, 0.3) is 11.1 Å². The van der Waals surface area contributed by atoms with Crippen LogP contribution in [0, 0.1) is 5.82 Å². The Morgan fingerprint density at radius 3 is 2.56 bits per heavy atom. The fourth-order valence-corrected chi connectivity index (χ4v) is 7.72. The van der Waals surface area contributed by atoms with Crippen molar-refractivity contribution in [1.29, 1.82) is 0 Å². The van der Waals surface area contributed by atoms with E-state index in [1.807, 2.05) is 36.0 Å². The molecule has 4 heterocycles. The van der Waals surface area contributed by atoms with E-state index in [4.69, 9.17) is 4.74 Å². The van der Waals surface area contributed by atoms with Crippen molar-refractivity contribution in [2.24, 2.45) is 4.99 Å². The Morgan fingerprint density at radius 1 is 0.980 bits per heavy atom. The van der Waals surface area contributed by atoms with E-state index >= 15 is 0 Å². The van der Waals surface area contributed by atoms with E-state index in [2.05, 4.69) is 25.5 Å². The summed E-state index contributed by atoms with van der Waals surface area (Å²) in [7, 11) is 0. The zero-order valence-corrected chi connectivity index (χ0v) is 28.2. The molecular formula is C37H38F2N6O4S. The fourth-order valence-electron chi connectivity index (χ4n) is 6.74. The number of amidine groups is 1. The lowest BCUT2D eigenvalue weighted by atomic mass is 9.90. The number of hydrogen-bond donors (Lipinski definition) is 3. The SMILES string of the molecule is O=C(N[C@H]1CC[C@@H](NC(=O)C2CN3C=C(F)C=CC3=N2)CC1)c1cc(F)cnc1Oc1cccc(-c2ccc(O)cc2CN2CCSCC2)c1. The number of aromatic hydroxyl groups is 1. The molecule has 2 fully saturated rings. The molecule has 1 saturated heterocycles. The van der Waals surface area contributed by atoms with E-state index in [0.717, 1.165) is 53.5 Å². The third kappa shape index (κ3) is 8.00. The number of hydrogen-bond acceptors (Lipinski definition) is 9. The highest BCUT2D eigenvalue weighted by Crippen LogP contribution is 2.33. The molecule has 2 aromatic carbocycles. The Morgan fingerprint density at radius 2 is 1.76 bits per heavy atom. The van der Waals surface area contributed by atoms with Crippen molar-refractivity contribution in [2.75, 3.05) is 31.1 Å². The summed E-state index contributed by atoms with van der Waals surface area (Å²) < 4.78 is 34.1. The molecule has 4 aliphatic rings. The summed E-state index contributed by atoms with van der Waals surface area (Å²) in [5.41, 5.74) is 2.81. The fraction of sp³-hybridized carbons (Fsp3) is 0.351. The first kappa shape index (κ1) is 33.7. The van der Waals surface area contributed by atoms with Crippen LogP contribution < -0.4 is 15.4 Å². The normalized spacial score (nSPS) is 22.0. The molecule has 1 atom stereocenters. The molecule has 3 N–H and O–H groups in total. The van der Waals surface area contributed by atoms with Crippen LogP contribution in [-0.4, -0.2) is 86.8 Å². The number of nitrogens with one attached hydrogen (secondary N) is 2. The van der Waals surface area contributed by atoms with Gasteiger partial charge in [-0.1, -0.05) is 18.2 Å². The average molecular weight is 701 g/mol. The Labute approximate surface area is 293 Å². The predicted octanol–water partition coefficient (Wildman–Crippen LogP) is 5.56. The molecule has 1 aromatic heterocycles. The highest BCUT2D eigenvalue weighted by Gasteiger charge is 2.32. The third-order valence-electron chi connectivity index (χ3n) is 9.34. The Kier molecular flexibility index (Phi) is 10.1. The number of benzene rings is 2. The molecule has 3 aliphatic heterocycles. The number of rotatable bonds is 9. The molecule has 260 valence electrons. The lowest BCUT2D eigenvalue weighted by molar-refractivity contribution is -0.123. The number of nitrogens with zero attached hydrogens (tertiary/aromatic N) is 4. The van der Waals surface area contributed by atoms with E-state index in [1.54, 1.807) is 29.2 Å². The standard InChI is InChI=1S/C37H38F2N6O4S/c38-25-4-11-34-43-33(22-45(34)21-25)36(48)42-28-7-5-27(6-8-28)41-35(47)32-18-26(39)19-40-37(32)49-30-3-1-2-23(17-30)31-10-9-29(46)16-24(31)20-44-12-14-50-15-13-44/h1-4,9-11,16-19,21,27-28,33,46H,5-8,12-15,20,22H2,(H,41,47)(H,42,48)/t27-,28+,33?. The van der Waals surface area contributed by atoms with Gasteiger partial charge in [-0.2, -0.15) is 11.8 Å². The molecule has 50 heavy (non-hydrogen) atoms. The van der Waals surface area contributed by atoms with Crippen molar-refractivity contribution < 1.29 is 28.2 Å². The van der Waals surface area contributed by atoms with Crippen LogP contribution in [0.4, 0.5) is 8.78 Å². The number of aliphatic imine (C=N–C) groups is 1. The summed E-state index contributed by atoms with van der Waals surface area (Å²) in [4.78, 5) is 38.9. The highest BCUT2D eigenvalue weighted by molar-refractivity contribution is 7.99. The van der Waals surface area contributed by atoms with E-state index in [0.29, 0.717) is 43.8 Å². The molecule has 13 heteroatoms. The van der Waals surface area contributed by atoms with E-state index in [-0.39, 0.29) is 47.6 Å². The van der Waals surface area contributed by atoms with Crippen molar-refractivity contribution in [1.82, 2.24) is 25.4 Å². The first-order valence-electron chi connectivity index (χ1n) is 16.8. The molecule has 2 amide bonds. The summed E-state index contributed by atoms with van der Waals surface area (Å²) in [5, 5.41) is 16.3. The topological polar surface area (TPSA) is 119 Å². The van der Waals surface area contributed by atoms with Gasteiger partial charge in [0.1, 0.15) is 40.6 Å². The maximum absolute atomic E-state index is 14.4. The minimum atomic E-state index is -0.659. The van der Waals surface area contributed by atoms with Crippen LogP contribution in [0.1, 0.15) is 41.6 Å². The quantitative estimate of drug-likeness (QED) is 0.266. The van der Waals surface area contributed by atoms with Gasteiger partial charge < -0.3 is 25.4 Å². The Balaban J connectivity index is 0.974. The maximum Gasteiger partial charge on any atom is 0.257 e. The monoisotopic (exact) mass is 700 g/mol. The maximum atomic E-state index is 14.4. The second kappa shape index (κ2) is 15.0. The zero-order chi connectivity index (χ0) is 34.6. The lowest BCUT2D eigenvalue weighted by Gasteiger charge is -2.30. The van der Waals surface area contributed by atoms with Gasteiger partial charge >= 0.3 is 0 Å². The largest absolute Gasteiger partial charge is 0.508 e. The summed E-state index contributed by atoms with van der Waals surface area (Å²) in [5.74, 6) is 1.60. The number of phenolic OH excluding ortho intramolecular Hbond substituents is 1. The van der Waals surface area contributed by atoms with Gasteiger partial charge in [0.2, 0.25) is 11.8 Å². The zero-order valence-electron chi connectivity index (χ0n) is 27.4. The van der Waals surface area contributed by atoms with Gasteiger partial charge in [-0.05, 0) is 84.9 Å². The van der Waals surface area contributed by atoms with Crippen molar-refractivity contribution in [3.63, 3.8) is 0 Å². The molecule has 3 aromatic rings. The first-order chi connectivity index (χ1) is 24.3. The number of phenols is 1. The van der Waals surface area contributed by atoms with Crippen LogP contribution in [-0.2, 0) is 11.3 Å². The average Bonchev–Trinajstić information content (AvgIpc) is 3.54. The second-order valence-electron chi connectivity index (χ2n) is 12.9. The number of carbonyl (C=O) groups is 2. The molecule has 0 radical (unpaired) electrons. The molecule has 1 saturated carbocycles. The second-order valence-corrected chi connectivity index (χ2v) is 14.1. The summed E-state index contributed by atoms with van der Waals surface area (Å²) >= 11 is 1.94. The van der Waals surface area contributed by atoms with Gasteiger partial charge in [0.05, 0.1) is 12.7 Å².